The summed E-state index contributed by atoms with van der Waals surface area (Å²) in [5, 5.41) is 6.52. The van der Waals surface area contributed by atoms with Crippen LogP contribution in [-0.2, 0) is 22.5 Å². The molecule has 1 atom stereocenters. The fraction of sp³-hybridized carbons (Fsp3) is 0.600. The number of carbonyl (C=O) groups excluding carboxylic acids is 1. The topological polar surface area (TPSA) is 66.0 Å². The van der Waals surface area contributed by atoms with Crippen LogP contribution in [0.1, 0.15) is 37.8 Å². The van der Waals surface area contributed by atoms with E-state index in [0.717, 1.165) is 38.4 Å². The summed E-state index contributed by atoms with van der Waals surface area (Å²) < 4.78 is 5.14. The molecule has 1 aliphatic rings. The highest BCUT2D eigenvalue weighted by Gasteiger charge is 2.19. The predicted octanol–water partition coefficient (Wildman–Crippen LogP) is 1.94. The number of hydrogen-bond acceptors (Lipinski definition) is 3. The minimum Gasteiger partial charge on any atom is -0.383 e. The molecule has 1 aliphatic heterocycles. The van der Waals surface area contributed by atoms with E-state index >= 15 is 0 Å². The number of benzene rings is 1. The molecule has 1 aromatic rings. The second kappa shape index (κ2) is 10.8. The number of nitrogens with zero attached hydrogens (tertiary/aromatic N) is 2. The minimum atomic E-state index is 0.188. The Balaban J connectivity index is 1.76. The van der Waals surface area contributed by atoms with E-state index in [1.807, 2.05) is 24.8 Å². The lowest BCUT2D eigenvalue weighted by Gasteiger charge is -2.28. The predicted molar refractivity (Wildman–Crippen MR) is 105 cm³/mol. The zero-order valence-electron chi connectivity index (χ0n) is 16.3. The van der Waals surface area contributed by atoms with Gasteiger partial charge >= 0.3 is 0 Å². The van der Waals surface area contributed by atoms with Gasteiger partial charge in [-0.25, -0.2) is 0 Å². The zero-order chi connectivity index (χ0) is 18.8. The number of carbonyl (C=O) groups is 1. The molecule has 0 saturated heterocycles. The summed E-state index contributed by atoms with van der Waals surface area (Å²) in [5.41, 5.74) is 2.64. The van der Waals surface area contributed by atoms with E-state index in [-0.39, 0.29) is 11.9 Å². The number of ether oxygens (including phenoxy) is 1. The van der Waals surface area contributed by atoms with Gasteiger partial charge < -0.3 is 20.3 Å². The number of methoxy groups -OCH3 is 1. The van der Waals surface area contributed by atoms with Gasteiger partial charge in [-0.15, -0.1) is 0 Å². The van der Waals surface area contributed by atoms with Gasteiger partial charge in [0.05, 0.1) is 6.61 Å². The number of aliphatic imine (C=N–C) groups is 1. The largest absolute Gasteiger partial charge is 0.383 e. The molecule has 1 aromatic carbocycles. The second-order valence-corrected chi connectivity index (χ2v) is 6.70. The molecule has 0 bridgehead atoms. The lowest BCUT2D eigenvalue weighted by molar-refractivity contribution is -0.132. The van der Waals surface area contributed by atoms with E-state index < -0.39 is 0 Å². The molecule has 1 unspecified atom stereocenters. The van der Waals surface area contributed by atoms with Gasteiger partial charge in [-0.2, -0.15) is 0 Å². The fourth-order valence-corrected chi connectivity index (χ4v) is 3.13. The standard InChI is InChI=1S/C20H32N4O2/c1-4-21-20(23-16(2)15-26-3)22-12-7-10-19(25)24-13-11-17-8-5-6-9-18(17)14-24/h5-6,8-9,16H,4,7,10-15H2,1-3H3,(H2,21,22,23). The third kappa shape index (κ3) is 6.33. The van der Waals surface area contributed by atoms with Crippen LogP contribution >= 0.6 is 0 Å². The Hall–Kier alpha value is -2.08. The van der Waals surface area contributed by atoms with E-state index in [2.05, 4.69) is 33.8 Å². The van der Waals surface area contributed by atoms with E-state index in [4.69, 9.17) is 4.74 Å². The SMILES string of the molecule is CCNC(=NCCCC(=O)N1CCc2ccccc2C1)NC(C)COC. The first kappa shape index (κ1) is 20.2. The maximum atomic E-state index is 12.5. The van der Waals surface area contributed by atoms with E-state index in [0.29, 0.717) is 19.6 Å². The normalized spacial score (nSPS) is 15.3. The van der Waals surface area contributed by atoms with Crippen molar-refractivity contribution >= 4 is 11.9 Å². The van der Waals surface area contributed by atoms with Crippen LogP contribution in [0.25, 0.3) is 0 Å². The van der Waals surface area contributed by atoms with Gasteiger partial charge in [0.15, 0.2) is 5.96 Å². The van der Waals surface area contributed by atoms with Crippen LogP contribution in [-0.4, -0.2) is 56.2 Å². The zero-order valence-corrected chi connectivity index (χ0v) is 16.3. The first-order chi connectivity index (χ1) is 12.6. The van der Waals surface area contributed by atoms with Crippen molar-refractivity contribution < 1.29 is 9.53 Å². The smallest absolute Gasteiger partial charge is 0.222 e. The molecular weight excluding hydrogens is 328 g/mol. The first-order valence-corrected chi connectivity index (χ1v) is 9.52. The fourth-order valence-electron chi connectivity index (χ4n) is 3.13. The molecule has 26 heavy (non-hydrogen) atoms. The molecule has 0 aromatic heterocycles. The van der Waals surface area contributed by atoms with Crippen LogP contribution in [0.4, 0.5) is 0 Å². The maximum absolute atomic E-state index is 12.5. The Morgan fingerprint density at radius 1 is 1.35 bits per heavy atom. The monoisotopic (exact) mass is 360 g/mol. The van der Waals surface area contributed by atoms with Gasteiger partial charge in [-0.1, -0.05) is 24.3 Å². The van der Waals surface area contributed by atoms with Gasteiger partial charge in [0.2, 0.25) is 5.91 Å². The molecule has 0 aliphatic carbocycles. The maximum Gasteiger partial charge on any atom is 0.222 e. The van der Waals surface area contributed by atoms with Gasteiger partial charge in [0.25, 0.3) is 0 Å². The van der Waals surface area contributed by atoms with Gasteiger partial charge in [-0.05, 0) is 37.8 Å². The Bertz CT molecular complexity index is 603. The Morgan fingerprint density at radius 2 is 2.12 bits per heavy atom. The molecule has 1 amide bonds. The van der Waals surface area contributed by atoms with Crippen LogP contribution < -0.4 is 10.6 Å². The quantitative estimate of drug-likeness (QED) is 0.422. The average Bonchev–Trinajstić information content (AvgIpc) is 2.65. The van der Waals surface area contributed by atoms with Crippen molar-refractivity contribution in [2.24, 2.45) is 4.99 Å². The van der Waals surface area contributed by atoms with Crippen LogP contribution in [0.5, 0.6) is 0 Å². The summed E-state index contributed by atoms with van der Waals surface area (Å²) in [7, 11) is 1.69. The van der Waals surface area contributed by atoms with Crippen molar-refractivity contribution in [1.82, 2.24) is 15.5 Å². The van der Waals surface area contributed by atoms with Crippen LogP contribution in [0, 0.1) is 0 Å². The molecule has 0 spiro atoms. The molecule has 0 saturated carbocycles. The van der Waals surface area contributed by atoms with E-state index in [9.17, 15) is 4.79 Å². The molecular formula is C20H32N4O2. The Morgan fingerprint density at radius 3 is 2.85 bits per heavy atom. The van der Waals surface area contributed by atoms with Crippen molar-refractivity contribution in [3.8, 4) is 0 Å². The van der Waals surface area contributed by atoms with Gasteiger partial charge in [0, 0.05) is 45.8 Å². The van der Waals surface area contributed by atoms with E-state index in [1.165, 1.54) is 11.1 Å². The molecule has 1 heterocycles. The molecule has 0 radical (unpaired) electrons. The summed E-state index contributed by atoms with van der Waals surface area (Å²) >= 11 is 0. The van der Waals surface area contributed by atoms with Crippen molar-refractivity contribution in [1.29, 1.82) is 0 Å². The van der Waals surface area contributed by atoms with Crippen molar-refractivity contribution in [2.45, 2.75) is 45.7 Å². The minimum absolute atomic E-state index is 0.188. The molecule has 6 heteroatoms. The van der Waals surface area contributed by atoms with Crippen LogP contribution in [0.2, 0.25) is 0 Å². The number of guanidine groups is 1. The molecule has 2 N–H and O–H groups in total. The molecule has 6 nitrogen and oxygen atoms in total. The first-order valence-electron chi connectivity index (χ1n) is 9.52. The number of amides is 1. The van der Waals surface area contributed by atoms with Crippen molar-refractivity contribution in [3.63, 3.8) is 0 Å². The highest BCUT2D eigenvalue weighted by Crippen LogP contribution is 2.19. The third-order valence-electron chi connectivity index (χ3n) is 4.45. The van der Waals surface area contributed by atoms with Crippen LogP contribution in [0.3, 0.4) is 0 Å². The number of fused-ring (bicyclic) bond motifs is 1. The summed E-state index contributed by atoms with van der Waals surface area (Å²) in [5.74, 6) is 0.997. The highest BCUT2D eigenvalue weighted by molar-refractivity contribution is 5.80. The summed E-state index contributed by atoms with van der Waals surface area (Å²) in [6, 6.07) is 8.58. The lowest BCUT2D eigenvalue weighted by Crippen LogP contribution is -2.44. The van der Waals surface area contributed by atoms with Gasteiger partial charge in [0.1, 0.15) is 0 Å². The highest BCUT2D eigenvalue weighted by atomic mass is 16.5. The number of hydrogen-bond donors (Lipinski definition) is 2. The summed E-state index contributed by atoms with van der Waals surface area (Å²) in [6.45, 7) is 7.70. The lowest BCUT2D eigenvalue weighted by atomic mass is 9.99. The molecule has 2 rings (SSSR count). The Kier molecular flexibility index (Phi) is 8.41. The van der Waals surface area contributed by atoms with Gasteiger partial charge in [-0.3, -0.25) is 9.79 Å². The average molecular weight is 361 g/mol. The second-order valence-electron chi connectivity index (χ2n) is 6.70. The summed E-state index contributed by atoms with van der Waals surface area (Å²) in [6.07, 6.45) is 2.25. The molecule has 0 fully saturated rings. The molecule has 144 valence electrons. The van der Waals surface area contributed by atoms with Crippen molar-refractivity contribution in [2.75, 3.05) is 33.4 Å². The van der Waals surface area contributed by atoms with Crippen molar-refractivity contribution in [3.05, 3.63) is 35.4 Å². The van der Waals surface area contributed by atoms with Crippen LogP contribution in [0.15, 0.2) is 29.3 Å². The third-order valence-corrected chi connectivity index (χ3v) is 4.45. The number of rotatable bonds is 8. The number of nitrogens with one attached hydrogen (secondary N) is 2. The Labute approximate surface area is 157 Å². The summed E-state index contributed by atoms with van der Waals surface area (Å²) in [4.78, 5) is 19.0. The van der Waals surface area contributed by atoms with E-state index in [1.54, 1.807) is 7.11 Å².